The Labute approximate surface area is 105 Å². The summed E-state index contributed by atoms with van der Waals surface area (Å²) in [6.07, 6.45) is 0. The number of anilines is 1. The highest BCUT2D eigenvalue weighted by molar-refractivity contribution is 14.1. The zero-order valence-corrected chi connectivity index (χ0v) is 11.3. The van der Waals surface area contributed by atoms with Crippen LogP contribution in [0.15, 0.2) is 24.3 Å². The Morgan fingerprint density at radius 3 is 2.20 bits per heavy atom. The van der Waals surface area contributed by atoms with Gasteiger partial charge in [-0.3, -0.25) is 0 Å². The lowest BCUT2D eigenvalue weighted by molar-refractivity contribution is 0.313. The van der Waals surface area contributed by atoms with Gasteiger partial charge in [0.1, 0.15) is 0 Å². The van der Waals surface area contributed by atoms with Crippen LogP contribution in [0, 0.1) is 0 Å². The molecule has 0 aliphatic carbocycles. The third-order valence-electron chi connectivity index (χ3n) is 2.96. The van der Waals surface area contributed by atoms with Crippen LogP contribution in [0.1, 0.15) is 5.56 Å². The summed E-state index contributed by atoms with van der Waals surface area (Å²) in [5.74, 6) is 0. The zero-order chi connectivity index (χ0) is 10.7. The molecule has 0 spiro atoms. The summed E-state index contributed by atoms with van der Waals surface area (Å²) >= 11 is 2.40. The third kappa shape index (κ3) is 2.84. The van der Waals surface area contributed by atoms with Gasteiger partial charge in [0, 0.05) is 36.3 Å². The SMILES string of the molecule is CN1CCN(c2ccc(CI)cc2)CC1. The summed E-state index contributed by atoms with van der Waals surface area (Å²) in [5.41, 5.74) is 2.78. The predicted molar refractivity (Wildman–Crippen MR) is 73.9 cm³/mol. The average molecular weight is 316 g/mol. The Morgan fingerprint density at radius 2 is 1.67 bits per heavy atom. The first-order valence-corrected chi connectivity index (χ1v) is 6.90. The second-order valence-corrected chi connectivity index (χ2v) is 4.85. The van der Waals surface area contributed by atoms with Gasteiger partial charge in [-0.2, -0.15) is 0 Å². The molecule has 0 N–H and O–H groups in total. The minimum Gasteiger partial charge on any atom is -0.369 e. The lowest BCUT2D eigenvalue weighted by Crippen LogP contribution is -2.44. The standard InChI is InChI=1S/C12H17IN2/c1-14-6-8-15(9-7-14)12-4-2-11(10-13)3-5-12/h2-5H,6-10H2,1H3. The number of hydrogen-bond donors (Lipinski definition) is 0. The summed E-state index contributed by atoms with van der Waals surface area (Å²) in [4.78, 5) is 4.85. The fraction of sp³-hybridized carbons (Fsp3) is 0.500. The molecule has 0 amide bonds. The van der Waals surface area contributed by atoms with E-state index in [1.807, 2.05) is 0 Å². The second kappa shape index (κ2) is 5.16. The van der Waals surface area contributed by atoms with Gasteiger partial charge in [0.2, 0.25) is 0 Å². The molecule has 3 heteroatoms. The fourth-order valence-electron chi connectivity index (χ4n) is 1.86. The van der Waals surface area contributed by atoms with Crippen LogP contribution in [0.25, 0.3) is 0 Å². The summed E-state index contributed by atoms with van der Waals surface area (Å²) in [6.45, 7) is 4.65. The molecule has 1 heterocycles. The van der Waals surface area contributed by atoms with Gasteiger partial charge in [-0.1, -0.05) is 34.7 Å². The van der Waals surface area contributed by atoms with E-state index in [0.29, 0.717) is 0 Å². The van der Waals surface area contributed by atoms with Crippen LogP contribution < -0.4 is 4.90 Å². The van der Waals surface area contributed by atoms with Crippen molar-refractivity contribution in [3.05, 3.63) is 29.8 Å². The van der Waals surface area contributed by atoms with Crippen molar-refractivity contribution in [3.63, 3.8) is 0 Å². The summed E-state index contributed by atoms with van der Waals surface area (Å²) < 4.78 is 1.10. The normalized spacial score (nSPS) is 18.1. The number of nitrogens with zero attached hydrogens (tertiary/aromatic N) is 2. The molecule has 1 aliphatic heterocycles. The Hall–Kier alpha value is -0.290. The molecule has 0 bridgehead atoms. The van der Waals surface area contributed by atoms with Crippen LogP contribution in [-0.4, -0.2) is 38.1 Å². The molecule has 0 unspecified atom stereocenters. The molecule has 2 rings (SSSR count). The van der Waals surface area contributed by atoms with Gasteiger partial charge >= 0.3 is 0 Å². The first-order chi connectivity index (χ1) is 7.29. The molecule has 1 aromatic rings. The Bertz CT molecular complexity index is 302. The Morgan fingerprint density at radius 1 is 1.07 bits per heavy atom. The monoisotopic (exact) mass is 316 g/mol. The quantitative estimate of drug-likeness (QED) is 0.611. The molecule has 0 aromatic heterocycles. The van der Waals surface area contributed by atoms with Crippen molar-refractivity contribution >= 4 is 28.3 Å². The minimum atomic E-state index is 1.10. The van der Waals surface area contributed by atoms with E-state index in [1.165, 1.54) is 24.3 Å². The van der Waals surface area contributed by atoms with Crippen molar-refractivity contribution in [2.24, 2.45) is 0 Å². The van der Waals surface area contributed by atoms with Crippen molar-refractivity contribution in [1.29, 1.82) is 0 Å². The second-order valence-electron chi connectivity index (χ2n) is 4.09. The van der Waals surface area contributed by atoms with Crippen LogP contribution >= 0.6 is 22.6 Å². The van der Waals surface area contributed by atoms with Crippen molar-refractivity contribution in [1.82, 2.24) is 4.90 Å². The fourth-order valence-corrected chi connectivity index (χ4v) is 2.37. The van der Waals surface area contributed by atoms with Crippen LogP contribution in [0.4, 0.5) is 5.69 Å². The molecular formula is C12H17IN2. The Kier molecular flexibility index (Phi) is 3.86. The lowest BCUT2D eigenvalue weighted by atomic mass is 10.2. The van der Waals surface area contributed by atoms with Gasteiger partial charge in [0.25, 0.3) is 0 Å². The van der Waals surface area contributed by atoms with Crippen LogP contribution in [0.5, 0.6) is 0 Å². The molecule has 0 atom stereocenters. The van der Waals surface area contributed by atoms with Crippen molar-refractivity contribution in [3.8, 4) is 0 Å². The zero-order valence-electron chi connectivity index (χ0n) is 9.12. The first-order valence-electron chi connectivity index (χ1n) is 5.38. The molecule has 0 saturated carbocycles. The largest absolute Gasteiger partial charge is 0.369 e. The molecule has 82 valence electrons. The maximum absolute atomic E-state index is 2.47. The van der Waals surface area contributed by atoms with E-state index in [2.05, 4.69) is 63.7 Å². The van der Waals surface area contributed by atoms with Gasteiger partial charge in [0.15, 0.2) is 0 Å². The van der Waals surface area contributed by atoms with Gasteiger partial charge in [-0.15, -0.1) is 0 Å². The molecule has 0 radical (unpaired) electrons. The third-order valence-corrected chi connectivity index (χ3v) is 3.84. The molecule has 1 aliphatic rings. The molecule has 1 aromatic carbocycles. The predicted octanol–water partition coefficient (Wildman–Crippen LogP) is 2.37. The highest BCUT2D eigenvalue weighted by atomic mass is 127. The van der Waals surface area contributed by atoms with E-state index >= 15 is 0 Å². The molecule has 15 heavy (non-hydrogen) atoms. The molecular weight excluding hydrogens is 299 g/mol. The molecule has 1 fully saturated rings. The number of benzene rings is 1. The molecule has 1 saturated heterocycles. The molecule has 2 nitrogen and oxygen atoms in total. The number of rotatable bonds is 2. The number of piperazine rings is 1. The lowest BCUT2D eigenvalue weighted by Gasteiger charge is -2.34. The van der Waals surface area contributed by atoms with Gasteiger partial charge < -0.3 is 9.80 Å². The van der Waals surface area contributed by atoms with Crippen molar-refractivity contribution in [2.45, 2.75) is 4.43 Å². The number of alkyl halides is 1. The van der Waals surface area contributed by atoms with E-state index in [4.69, 9.17) is 0 Å². The van der Waals surface area contributed by atoms with E-state index in [0.717, 1.165) is 17.5 Å². The van der Waals surface area contributed by atoms with Crippen molar-refractivity contribution in [2.75, 3.05) is 38.1 Å². The number of hydrogen-bond acceptors (Lipinski definition) is 2. The van der Waals surface area contributed by atoms with Crippen LogP contribution in [0.3, 0.4) is 0 Å². The van der Waals surface area contributed by atoms with Crippen LogP contribution in [-0.2, 0) is 4.43 Å². The summed E-state index contributed by atoms with van der Waals surface area (Å²) in [5, 5.41) is 0. The topological polar surface area (TPSA) is 6.48 Å². The highest BCUT2D eigenvalue weighted by Gasteiger charge is 2.13. The first kappa shape index (κ1) is 11.2. The smallest absolute Gasteiger partial charge is 0.0367 e. The number of halogens is 1. The maximum Gasteiger partial charge on any atom is 0.0367 e. The summed E-state index contributed by atoms with van der Waals surface area (Å²) in [7, 11) is 2.19. The van der Waals surface area contributed by atoms with E-state index in [-0.39, 0.29) is 0 Å². The minimum absolute atomic E-state index is 1.10. The van der Waals surface area contributed by atoms with E-state index < -0.39 is 0 Å². The van der Waals surface area contributed by atoms with Crippen LogP contribution in [0.2, 0.25) is 0 Å². The number of likely N-dealkylation sites (N-methyl/N-ethyl adjacent to an activating group) is 1. The average Bonchev–Trinajstić information content (AvgIpc) is 2.30. The van der Waals surface area contributed by atoms with Gasteiger partial charge in [-0.25, -0.2) is 0 Å². The van der Waals surface area contributed by atoms with Gasteiger partial charge in [-0.05, 0) is 24.7 Å². The highest BCUT2D eigenvalue weighted by Crippen LogP contribution is 2.18. The Balaban J connectivity index is 2.03. The van der Waals surface area contributed by atoms with E-state index in [9.17, 15) is 0 Å². The summed E-state index contributed by atoms with van der Waals surface area (Å²) in [6, 6.07) is 8.97. The van der Waals surface area contributed by atoms with Gasteiger partial charge in [0.05, 0.1) is 0 Å². The maximum atomic E-state index is 2.47. The van der Waals surface area contributed by atoms with E-state index in [1.54, 1.807) is 0 Å². The van der Waals surface area contributed by atoms with Crippen molar-refractivity contribution < 1.29 is 0 Å².